The zero-order chi connectivity index (χ0) is 9.10. The van der Waals surface area contributed by atoms with Gasteiger partial charge in [-0.05, 0) is 17.5 Å². The van der Waals surface area contributed by atoms with Crippen LogP contribution in [0.3, 0.4) is 0 Å². The molecule has 0 spiro atoms. The summed E-state index contributed by atoms with van der Waals surface area (Å²) in [5, 5.41) is 8.86. The zero-order valence-corrected chi connectivity index (χ0v) is 7.57. The molecular weight excluding hydrogens is 164 g/mol. The largest absolute Gasteiger partial charge is 0.396 e. The third-order valence-electron chi connectivity index (χ3n) is 2.48. The minimum Gasteiger partial charge on any atom is -0.396 e. The van der Waals surface area contributed by atoms with Crippen molar-refractivity contribution in [3.63, 3.8) is 0 Å². The fraction of sp³-hybridized carbons (Fsp3) is 0.455. The van der Waals surface area contributed by atoms with E-state index in [1.165, 1.54) is 11.1 Å². The van der Waals surface area contributed by atoms with E-state index in [2.05, 4.69) is 18.2 Å². The molecule has 2 rings (SSSR count). The van der Waals surface area contributed by atoms with Crippen LogP contribution in [0.25, 0.3) is 0 Å². The lowest BCUT2D eigenvalue weighted by Gasteiger charge is -2.25. The molecule has 0 saturated carbocycles. The summed E-state index contributed by atoms with van der Waals surface area (Å²) in [7, 11) is 0. The van der Waals surface area contributed by atoms with Gasteiger partial charge in [0.25, 0.3) is 0 Å². The highest BCUT2D eigenvalue weighted by Gasteiger charge is 2.19. The average molecular weight is 178 g/mol. The maximum absolute atomic E-state index is 8.86. The number of ether oxygens (including phenoxy) is 1. The molecule has 0 aliphatic carbocycles. The van der Waals surface area contributed by atoms with E-state index in [1.807, 2.05) is 6.07 Å². The van der Waals surface area contributed by atoms with Crippen LogP contribution in [0, 0.1) is 0 Å². The Morgan fingerprint density at radius 3 is 3.08 bits per heavy atom. The Labute approximate surface area is 78.2 Å². The Hall–Kier alpha value is -0.860. The van der Waals surface area contributed by atoms with Crippen LogP contribution in [0.5, 0.6) is 0 Å². The molecule has 1 atom stereocenters. The number of aliphatic hydroxyl groups is 1. The van der Waals surface area contributed by atoms with Crippen LogP contribution in [-0.2, 0) is 11.2 Å². The SMILES string of the molecule is OCC[C@@H]1OCCc2ccccc21. The van der Waals surface area contributed by atoms with Crippen molar-refractivity contribution in [2.75, 3.05) is 13.2 Å². The summed E-state index contributed by atoms with van der Waals surface area (Å²) >= 11 is 0. The first-order valence-corrected chi connectivity index (χ1v) is 4.72. The summed E-state index contributed by atoms with van der Waals surface area (Å²) in [4.78, 5) is 0. The van der Waals surface area contributed by atoms with Gasteiger partial charge in [-0.3, -0.25) is 0 Å². The number of hydrogen-bond acceptors (Lipinski definition) is 2. The summed E-state index contributed by atoms with van der Waals surface area (Å²) in [6.07, 6.45) is 1.81. The van der Waals surface area contributed by atoms with Gasteiger partial charge in [-0.25, -0.2) is 0 Å². The quantitative estimate of drug-likeness (QED) is 0.746. The standard InChI is InChI=1S/C11H14O2/c12-7-5-11-10-4-2-1-3-9(10)6-8-13-11/h1-4,11-12H,5-8H2/t11-/m0/s1. The van der Waals surface area contributed by atoms with Gasteiger partial charge in [-0.2, -0.15) is 0 Å². The normalized spacial score (nSPS) is 21.2. The van der Waals surface area contributed by atoms with Gasteiger partial charge in [-0.15, -0.1) is 0 Å². The van der Waals surface area contributed by atoms with E-state index < -0.39 is 0 Å². The molecule has 0 radical (unpaired) electrons. The lowest BCUT2D eigenvalue weighted by Crippen LogP contribution is -2.17. The third kappa shape index (κ3) is 1.74. The van der Waals surface area contributed by atoms with E-state index in [-0.39, 0.29) is 12.7 Å². The average Bonchev–Trinajstić information content (AvgIpc) is 2.19. The Morgan fingerprint density at radius 2 is 2.23 bits per heavy atom. The van der Waals surface area contributed by atoms with E-state index in [0.717, 1.165) is 13.0 Å². The maximum Gasteiger partial charge on any atom is 0.0849 e. The lowest BCUT2D eigenvalue weighted by atomic mass is 9.96. The minimum absolute atomic E-state index is 0.106. The first-order chi connectivity index (χ1) is 6.42. The van der Waals surface area contributed by atoms with Crippen molar-refractivity contribution in [1.29, 1.82) is 0 Å². The van der Waals surface area contributed by atoms with Crippen molar-refractivity contribution in [1.82, 2.24) is 0 Å². The van der Waals surface area contributed by atoms with Gasteiger partial charge in [0.1, 0.15) is 0 Å². The van der Waals surface area contributed by atoms with Crippen LogP contribution in [0.4, 0.5) is 0 Å². The van der Waals surface area contributed by atoms with Crippen LogP contribution in [0.1, 0.15) is 23.7 Å². The molecule has 1 aliphatic heterocycles. The molecule has 0 unspecified atom stereocenters. The van der Waals surface area contributed by atoms with E-state index in [4.69, 9.17) is 9.84 Å². The first-order valence-electron chi connectivity index (χ1n) is 4.72. The highest BCUT2D eigenvalue weighted by molar-refractivity contribution is 5.30. The fourth-order valence-corrected chi connectivity index (χ4v) is 1.83. The molecule has 70 valence electrons. The number of fused-ring (bicyclic) bond motifs is 1. The van der Waals surface area contributed by atoms with Crippen molar-refractivity contribution in [2.24, 2.45) is 0 Å². The molecule has 2 nitrogen and oxygen atoms in total. The molecule has 2 heteroatoms. The predicted molar refractivity (Wildman–Crippen MR) is 50.5 cm³/mol. The van der Waals surface area contributed by atoms with Gasteiger partial charge in [0.15, 0.2) is 0 Å². The number of aliphatic hydroxyl groups excluding tert-OH is 1. The van der Waals surface area contributed by atoms with Crippen molar-refractivity contribution in [3.05, 3.63) is 35.4 Å². The monoisotopic (exact) mass is 178 g/mol. The van der Waals surface area contributed by atoms with Crippen LogP contribution in [-0.4, -0.2) is 18.3 Å². The maximum atomic E-state index is 8.86. The summed E-state index contributed by atoms with van der Waals surface area (Å²) in [6, 6.07) is 8.31. The highest BCUT2D eigenvalue weighted by atomic mass is 16.5. The number of benzene rings is 1. The summed E-state index contributed by atoms with van der Waals surface area (Å²) in [6.45, 7) is 0.973. The van der Waals surface area contributed by atoms with E-state index in [0.29, 0.717) is 6.42 Å². The smallest absolute Gasteiger partial charge is 0.0849 e. The van der Waals surface area contributed by atoms with Gasteiger partial charge in [0.2, 0.25) is 0 Å². The molecule has 0 amide bonds. The Balaban J connectivity index is 2.26. The molecular formula is C11H14O2. The van der Waals surface area contributed by atoms with Crippen molar-refractivity contribution < 1.29 is 9.84 Å². The molecule has 0 aromatic heterocycles. The lowest BCUT2D eigenvalue weighted by molar-refractivity contribution is 0.0254. The van der Waals surface area contributed by atoms with Crippen molar-refractivity contribution >= 4 is 0 Å². The second kappa shape index (κ2) is 3.90. The van der Waals surface area contributed by atoms with Crippen LogP contribution < -0.4 is 0 Å². The minimum atomic E-state index is 0.106. The zero-order valence-electron chi connectivity index (χ0n) is 7.57. The molecule has 0 fully saturated rings. The summed E-state index contributed by atoms with van der Waals surface area (Å²) in [5.41, 5.74) is 2.62. The second-order valence-electron chi connectivity index (χ2n) is 3.32. The van der Waals surface area contributed by atoms with E-state index >= 15 is 0 Å². The fourth-order valence-electron chi connectivity index (χ4n) is 1.83. The van der Waals surface area contributed by atoms with Crippen LogP contribution in [0.2, 0.25) is 0 Å². The Kier molecular flexibility index (Phi) is 2.62. The van der Waals surface area contributed by atoms with Crippen LogP contribution in [0.15, 0.2) is 24.3 Å². The molecule has 1 aliphatic rings. The van der Waals surface area contributed by atoms with Crippen molar-refractivity contribution in [2.45, 2.75) is 18.9 Å². The van der Waals surface area contributed by atoms with Gasteiger partial charge in [0, 0.05) is 13.0 Å². The molecule has 0 saturated heterocycles. The van der Waals surface area contributed by atoms with Gasteiger partial charge >= 0.3 is 0 Å². The molecule has 0 bridgehead atoms. The third-order valence-corrected chi connectivity index (χ3v) is 2.48. The topological polar surface area (TPSA) is 29.5 Å². The van der Waals surface area contributed by atoms with E-state index in [9.17, 15) is 0 Å². The van der Waals surface area contributed by atoms with Crippen LogP contribution >= 0.6 is 0 Å². The van der Waals surface area contributed by atoms with Crippen molar-refractivity contribution in [3.8, 4) is 0 Å². The van der Waals surface area contributed by atoms with Gasteiger partial charge < -0.3 is 9.84 Å². The molecule has 1 aromatic rings. The number of rotatable bonds is 2. The Morgan fingerprint density at radius 1 is 1.38 bits per heavy atom. The molecule has 1 heterocycles. The first kappa shape index (κ1) is 8.73. The molecule has 1 N–H and O–H groups in total. The highest BCUT2D eigenvalue weighted by Crippen LogP contribution is 2.28. The predicted octanol–water partition coefficient (Wildman–Crippen LogP) is 1.68. The number of hydrogen-bond donors (Lipinski definition) is 1. The molecule has 13 heavy (non-hydrogen) atoms. The summed E-state index contributed by atoms with van der Waals surface area (Å²) in [5.74, 6) is 0. The van der Waals surface area contributed by atoms with Gasteiger partial charge in [-0.1, -0.05) is 24.3 Å². The van der Waals surface area contributed by atoms with E-state index in [1.54, 1.807) is 0 Å². The second-order valence-corrected chi connectivity index (χ2v) is 3.32. The van der Waals surface area contributed by atoms with Gasteiger partial charge in [0.05, 0.1) is 12.7 Å². The molecule has 1 aromatic carbocycles. The Bertz CT molecular complexity index is 283. The summed E-state index contributed by atoms with van der Waals surface area (Å²) < 4.78 is 5.58.